The third-order valence-corrected chi connectivity index (χ3v) is 2.34. The van der Waals surface area contributed by atoms with Crippen LogP contribution in [-0.4, -0.2) is 37.7 Å². The van der Waals surface area contributed by atoms with Crippen LogP contribution in [0.15, 0.2) is 0 Å². The molecule has 0 aromatic carbocycles. The summed E-state index contributed by atoms with van der Waals surface area (Å²) in [4.78, 5) is 2.52. The molecule has 0 bridgehead atoms. The Morgan fingerprint density at radius 3 is 2.83 bits per heavy atom. The zero-order valence-electron chi connectivity index (χ0n) is 8.38. The molecule has 1 fully saturated rings. The third kappa shape index (κ3) is 4.07. The van der Waals surface area contributed by atoms with Crippen LogP contribution in [0, 0.1) is 5.92 Å². The number of rotatable bonds is 3. The topological polar surface area (TPSA) is 12.5 Å². The van der Waals surface area contributed by atoms with Crippen LogP contribution in [0.1, 0.15) is 26.7 Å². The van der Waals surface area contributed by atoms with Crippen molar-refractivity contribution in [1.82, 2.24) is 4.90 Å². The average molecular weight is 171 g/mol. The molecule has 0 aromatic rings. The van der Waals surface area contributed by atoms with E-state index in [0.717, 1.165) is 25.7 Å². The van der Waals surface area contributed by atoms with Crippen LogP contribution < -0.4 is 0 Å². The SMILES string of the molecule is CC(C)CCN1CCCOCC1. The highest BCUT2D eigenvalue weighted by Gasteiger charge is 2.08. The summed E-state index contributed by atoms with van der Waals surface area (Å²) in [5, 5.41) is 0. The summed E-state index contributed by atoms with van der Waals surface area (Å²) >= 11 is 0. The second kappa shape index (κ2) is 5.55. The van der Waals surface area contributed by atoms with Gasteiger partial charge in [0.05, 0.1) is 6.61 Å². The van der Waals surface area contributed by atoms with Gasteiger partial charge >= 0.3 is 0 Å². The summed E-state index contributed by atoms with van der Waals surface area (Å²) in [7, 11) is 0. The van der Waals surface area contributed by atoms with Crippen molar-refractivity contribution >= 4 is 0 Å². The lowest BCUT2D eigenvalue weighted by Crippen LogP contribution is -2.28. The van der Waals surface area contributed by atoms with Crippen molar-refractivity contribution in [3.05, 3.63) is 0 Å². The highest BCUT2D eigenvalue weighted by atomic mass is 16.5. The van der Waals surface area contributed by atoms with Gasteiger partial charge in [0.25, 0.3) is 0 Å². The van der Waals surface area contributed by atoms with Crippen LogP contribution in [-0.2, 0) is 4.74 Å². The van der Waals surface area contributed by atoms with E-state index in [9.17, 15) is 0 Å². The van der Waals surface area contributed by atoms with Gasteiger partial charge in [0.2, 0.25) is 0 Å². The first kappa shape index (κ1) is 10.0. The molecule has 0 aromatic heterocycles. The van der Waals surface area contributed by atoms with E-state index in [1.165, 1.54) is 25.9 Å². The molecule has 2 nitrogen and oxygen atoms in total. The van der Waals surface area contributed by atoms with Gasteiger partial charge in [0, 0.05) is 19.7 Å². The van der Waals surface area contributed by atoms with Gasteiger partial charge in [-0.25, -0.2) is 0 Å². The number of hydrogen-bond acceptors (Lipinski definition) is 2. The standard InChI is InChI=1S/C10H21NO/c1-10(2)4-6-11-5-3-8-12-9-7-11/h10H,3-9H2,1-2H3. The maximum Gasteiger partial charge on any atom is 0.0593 e. The second-order valence-corrected chi connectivity index (χ2v) is 3.99. The first-order chi connectivity index (χ1) is 5.79. The summed E-state index contributed by atoms with van der Waals surface area (Å²) in [6, 6.07) is 0. The fraction of sp³-hybridized carbons (Fsp3) is 1.00. The molecule has 0 saturated carbocycles. The van der Waals surface area contributed by atoms with E-state index in [1.807, 2.05) is 0 Å². The normalized spacial score (nSPS) is 21.2. The Balaban J connectivity index is 2.12. The maximum absolute atomic E-state index is 5.39. The minimum atomic E-state index is 0.828. The fourth-order valence-electron chi connectivity index (χ4n) is 1.46. The zero-order valence-corrected chi connectivity index (χ0v) is 8.38. The minimum Gasteiger partial charge on any atom is -0.380 e. The Morgan fingerprint density at radius 1 is 1.25 bits per heavy atom. The first-order valence-corrected chi connectivity index (χ1v) is 5.09. The molecule has 12 heavy (non-hydrogen) atoms. The second-order valence-electron chi connectivity index (χ2n) is 3.99. The van der Waals surface area contributed by atoms with Crippen LogP contribution >= 0.6 is 0 Å². The largest absolute Gasteiger partial charge is 0.380 e. The van der Waals surface area contributed by atoms with Crippen molar-refractivity contribution in [2.24, 2.45) is 5.92 Å². The quantitative estimate of drug-likeness (QED) is 0.641. The maximum atomic E-state index is 5.39. The van der Waals surface area contributed by atoms with Crippen LogP contribution in [0.25, 0.3) is 0 Å². The predicted octanol–water partition coefficient (Wildman–Crippen LogP) is 1.75. The molecule has 0 amide bonds. The van der Waals surface area contributed by atoms with Crippen molar-refractivity contribution in [3.8, 4) is 0 Å². The third-order valence-electron chi connectivity index (χ3n) is 2.34. The van der Waals surface area contributed by atoms with Crippen LogP contribution in [0.4, 0.5) is 0 Å². The van der Waals surface area contributed by atoms with E-state index in [-0.39, 0.29) is 0 Å². The molecule has 72 valence electrons. The lowest BCUT2D eigenvalue weighted by Gasteiger charge is -2.19. The highest BCUT2D eigenvalue weighted by molar-refractivity contribution is 4.61. The molecule has 0 radical (unpaired) electrons. The lowest BCUT2D eigenvalue weighted by atomic mass is 10.1. The number of nitrogens with zero attached hydrogens (tertiary/aromatic N) is 1. The lowest BCUT2D eigenvalue weighted by molar-refractivity contribution is 0.140. The first-order valence-electron chi connectivity index (χ1n) is 5.09. The molecule has 1 aliphatic heterocycles. The molecule has 0 N–H and O–H groups in total. The van der Waals surface area contributed by atoms with Gasteiger partial charge in [-0.05, 0) is 25.3 Å². The van der Waals surface area contributed by atoms with E-state index in [4.69, 9.17) is 4.74 Å². The summed E-state index contributed by atoms with van der Waals surface area (Å²) in [6.45, 7) is 10.1. The van der Waals surface area contributed by atoms with E-state index >= 15 is 0 Å². The number of ether oxygens (including phenoxy) is 1. The van der Waals surface area contributed by atoms with Gasteiger partial charge in [0.15, 0.2) is 0 Å². The molecule has 0 atom stereocenters. The van der Waals surface area contributed by atoms with Crippen molar-refractivity contribution in [2.75, 3.05) is 32.8 Å². The Labute approximate surface area is 75.9 Å². The van der Waals surface area contributed by atoms with E-state index in [0.29, 0.717) is 0 Å². The van der Waals surface area contributed by atoms with Crippen molar-refractivity contribution < 1.29 is 4.74 Å². The van der Waals surface area contributed by atoms with Gasteiger partial charge in [-0.3, -0.25) is 0 Å². The highest BCUT2D eigenvalue weighted by Crippen LogP contribution is 2.04. The summed E-state index contributed by atoms with van der Waals surface area (Å²) in [5.74, 6) is 0.828. The monoisotopic (exact) mass is 171 g/mol. The molecule has 1 heterocycles. The average Bonchev–Trinajstić information content (AvgIpc) is 2.28. The molecule has 1 rings (SSSR count). The fourth-order valence-corrected chi connectivity index (χ4v) is 1.46. The van der Waals surface area contributed by atoms with Crippen molar-refractivity contribution in [1.29, 1.82) is 0 Å². The van der Waals surface area contributed by atoms with Gasteiger partial charge in [0.1, 0.15) is 0 Å². The van der Waals surface area contributed by atoms with Gasteiger partial charge in [-0.2, -0.15) is 0 Å². The van der Waals surface area contributed by atoms with Crippen molar-refractivity contribution in [3.63, 3.8) is 0 Å². The number of hydrogen-bond donors (Lipinski definition) is 0. The van der Waals surface area contributed by atoms with Crippen molar-refractivity contribution in [2.45, 2.75) is 26.7 Å². The predicted molar refractivity (Wildman–Crippen MR) is 51.3 cm³/mol. The molecule has 1 aliphatic rings. The van der Waals surface area contributed by atoms with Crippen LogP contribution in [0.2, 0.25) is 0 Å². The minimum absolute atomic E-state index is 0.828. The smallest absolute Gasteiger partial charge is 0.0593 e. The molecule has 1 saturated heterocycles. The van der Waals surface area contributed by atoms with E-state index in [2.05, 4.69) is 18.7 Å². The van der Waals surface area contributed by atoms with Crippen LogP contribution in [0.3, 0.4) is 0 Å². The van der Waals surface area contributed by atoms with E-state index < -0.39 is 0 Å². The van der Waals surface area contributed by atoms with Gasteiger partial charge in [-0.15, -0.1) is 0 Å². The Morgan fingerprint density at radius 2 is 2.08 bits per heavy atom. The van der Waals surface area contributed by atoms with Gasteiger partial charge in [-0.1, -0.05) is 13.8 Å². The summed E-state index contributed by atoms with van der Waals surface area (Å²) in [5.41, 5.74) is 0. The molecular formula is C10H21NO. The molecule has 2 heteroatoms. The van der Waals surface area contributed by atoms with Crippen LogP contribution in [0.5, 0.6) is 0 Å². The summed E-state index contributed by atoms with van der Waals surface area (Å²) < 4.78 is 5.39. The van der Waals surface area contributed by atoms with Gasteiger partial charge < -0.3 is 9.64 Å². The summed E-state index contributed by atoms with van der Waals surface area (Å²) in [6.07, 6.45) is 2.53. The van der Waals surface area contributed by atoms with E-state index in [1.54, 1.807) is 0 Å². The Kier molecular flexibility index (Phi) is 4.62. The molecule has 0 spiro atoms. The zero-order chi connectivity index (χ0) is 8.81. The Bertz CT molecular complexity index is 106. The molecule has 0 aliphatic carbocycles. The molecular weight excluding hydrogens is 150 g/mol. The molecule has 0 unspecified atom stereocenters. The Hall–Kier alpha value is -0.0800.